The zero-order chi connectivity index (χ0) is 20.4. The van der Waals surface area contributed by atoms with E-state index in [-0.39, 0.29) is 30.7 Å². The summed E-state index contributed by atoms with van der Waals surface area (Å²) in [5.41, 5.74) is 0.921. The van der Waals surface area contributed by atoms with Crippen LogP contribution in [0.15, 0.2) is 18.3 Å². The monoisotopic (exact) mass is 423 g/mol. The molecule has 8 nitrogen and oxygen atoms in total. The van der Waals surface area contributed by atoms with E-state index in [1.807, 2.05) is 12.1 Å². The minimum absolute atomic E-state index is 0.0864. The van der Waals surface area contributed by atoms with Gasteiger partial charge in [-0.15, -0.1) is 0 Å². The highest BCUT2D eigenvalue weighted by atomic mass is 32.2. The summed E-state index contributed by atoms with van der Waals surface area (Å²) in [5.74, 6) is 0.827. The number of amides is 1. The van der Waals surface area contributed by atoms with Crippen molar-refractivity contribution in [3.63, 3.8) is 0 Å². The van der Waals surface area contributed by atoms with Crippen molar-refractivity contribution < 1.29 is 22.7 Å². The SMILES string of the molecule is CS(=O)(=O)N[C@H]1CCCN2C(=O)COc3cccnc3[C@H]3CC[C@H](CC3)OC[C@@H]12. The van der Waals surface area contributed by atoms with Crippen LogP contribution in [0.3, 0.4) is 0 Å². The normalized spacial score (nSPS) is 30.9. The lowest BCUT2D eigenvalue weighted by atomic mass is 9.84. The number of ether oxygens (including phenoxy) is 2. The third-order valence-electron chi connectivity index (χ3n) is 6.18. The Balaban J connectivity index is 1.61. The van der Waals surface area contributed by atoms with E-state index >= 15 is 0 Å². The van der Waals surface area contributed by atoms with E-state index in [0.29, 0.717) is 31.2 Å². The summed E-state index contributed by atoms with van der Waals surface area (Å²) < 4.78 is 38.5. The predicted molar refractivity (Wildman–Crippen MR) is 107 cm³/mol. The fourth-order valence-electron chi connectivity index (χ4n) is 4.78. The maximum atomic E-state index is 13.0. The predicted octanol–water partition coefficient (Wildman–Crippen LogP) is 1.43. The van der Waals surface area contributed by atoms with Gasteiger partial charge in [0.1, 0.15) is 5.75 Å². The van der Waals surface area contributed by atoms with Crippen LogP contribution in [0.4, 0.5) is 0 Å². The number of carbonyl (C=O) groups excluding carboxylic acids is 1. The first kappa shape index (κ1) is 20.6. The van der Waals surface area contributed by atoms with E-state index < -0.39 is 10.0 Å². The molecule has 0 aromatic carbocycles. The Morgan fingerprint density at radius 3 is 2.76 bits per heavy atom. The third kappa shape index (κ3) is 4.90. The van der Waals surface area contributed by atoms with E-state index in [4.69, 9.17) is 9.47 Å². The second kappa shape index (κ2) is 8.57. The molecule has 0 radical (unpaired) electrons. The Hall–Kier alpha value is -1.71. The van der Waals surface area contributed by atoms with Gasteiger partial charge < -0.3 is 14.4 Å². The molecule has 2 bridgehead atoms. The number of hydrogen-bond acceptors (Lipinski definition) is 6. The van der Waals surface area contributed by atoms with Crippen LogP contribution in [0.2, 0.25) is 0 Å². The summed E-state index contributed by atoms with van der Waals surface area (Å²) in [6.45, 7) is 0.821. The summed E-state index contributed by atoms with van der Waals surface area (Å²) in [4.78, 5) is 19.3. The lowest BCUT2D eigenvalue weighted by molar-refractivity contribution is -0.140. The van der Waals surface area contributed by atoms with Crippen LogP contribution in [-0.4, -0.2) is 68.4 Å². The number of carbonyl (C=O) groups is 1. The molecule has 1 aromatic rings. The van der Waals surface area contributed by atoms with Crippen molar-refractivity contribution in [3.8, 4) is 5.75 Å². The van der Waals surface area contributed by atoms with Crippen LogP contribution in [0.1, 0.15) is 50.1 Å². The van der Waals surface area contributed by atoms with Gasteiger partial charge in [-0.3, -0.25) is 9.78 Å². The van der Waals surface area contributed by atoms with Gasteiger partial charge in [0.2, 0.25) is 10.0 Å². The van der Waals surface area contributed by atoms with Crippen LogP contribution < -0.4 is 9.46 Å². The standard InChI is InChI=1S/C20H29N3O5S/c1-29(25,26)22-16-4-3-11-23-17(16)12-27-15-8-6-14(7-9-15)20-18(5-2-10-21-20)28-13-19(23)24/h2,5,10,14-17,22H,3-4,6-9,11-13H2,1H3/t14-,15+,16-,17-/m0/s1. The van der Waals surface area contributed by atoms with Gasteiger partial charge in [0.15, 0.2) is 6.61 Å². The number of hydrogen-bond donors (Lipinski definition) is 1. The fraction of sp³-hybridized carbons (Fsp3) is 0.700. The number of rotatable bonds is 2. The fourth-order valence-corrected chi connectivity index (χ4v) is 5.60. The number of nitrogens with one attached hydrogen (secondary N) is 1. The summed E-state index contributed by atoms with van der Waals surface area (Å²) in [6, 6.07) is 3.02. The number of pyridine rings is 1. The van der Waals surface area contributed by atoms with Gasteiger partial charge in [0.05, 0.1) is 30.7 Å². The molecular formula is C20H29N3O5S. The topological polar surface area (TPSA) is 97.8 Å². The van der Waals surface area contributed by atoms with Crippen LogP contribution in [0, 0.1) is 0 Å². The van der Waals surface area contributed by atoms with Crippen molar-refractivity contribution in [1.82, 2.24) is 14.6 Å². The van der Waals surface area contributed by atoms with Crippen molar-refractivity contribution >= 4 is 15.9 Å². The number of nitrogens with zero attached hydrogens (tertiary/aromatic N) is 2. The Bertz CT molecular complexity index is 838. The third-order valence-corrected chi connectivity index (χ3v) is 6.91. The van der Waals surface area contributed by atoms with Crippen LogP contribution in [0.25, 0.3) is 0 Å². The summed E-state index contributed by atoms with van der Waals surface area (Å²) >= 11 is 0. The van der Waals surface area contributed by atoms with Gasteiger partial charge in [-0.1, -0.05) is 0 Å². The Kier molecular flexibility index (Phi) is 6.08. The Morgan fingerprint density at radius 2 is 2.00 bits per heavy atom. The Morgan fingerprint density at radius 1 is 1.21 bits per heavy atom. The molecule has 1 aliphatic carbocycles. The largest absolute Gasteiger partial charge is 0.482 e. The molecule has 5 rings (SSSR count). The second-order valence-corrected chi connectivity index (χ2v) is 10.1. The average molecular weight is 424 g/mol. The van der Waals surface area contributed by atoms with E-state index in [9.17, 15) is 13.2 Å². The minimum Gasteiger partial charge on any atom is -0.482 e. The van der Waals surface area contributed by atoms with Crippen molar-refractivity contribution in [2.24, 2.45) is 0 Å². The molecule has 1 aromatic heterocycles. The first-order valence-electron chi connectivity index (χ1n) is 10.4. The van der Waals surface area contributed by atoms with E-state index in [2.05, 4.69) is 9.71 Å². The lowest BCUT2D eigenvalue weighted by Gasteiger charge is -2.41. The highest BCUT2D eigenvalue weighted by molar-refractivity contribution is 7.88. The zero-order valence-electron chi connectivity index (χ0n) is 16.7. The lowest BCUT2D eigenvalue weighted by Crippen LogP contribution is -2.59. The van der Waals surface area contributed by atoms with Crippen LogP contribution in [-0.2, 0) is 19.6 Å². The number of aromatic nitrogens is 1. The molecule has 1 N–H and O–H groups in total. The first-order valence-corrected chi connectivity index (χ1v) is 12.3. The molecule has 2 fully saturated rings. The molecular weight excluding hydrogens is 394 g/mol. The number of fused-ring (bicyclic) bond motifs is 5. The maximum absolute atomic E-state index is 13.0. The summed E-state index contributed by atoms with van der Waals surface area (Å²) in [6.07, 6.45) is 8.24. The van der Waals surface area contributed by atoms with Gasteiger partial charge in [0.25, 0.3) is 5.91 Å². The second-order valence-electron chi connectivity index (χ2n) is 8.28. The molecule has 4 heterocycles. The van der Waals surface area contributed by atoms with E-state index in [1.54, 1.807) is 11.1 Å². The van der Waals surface area contributed by atoms with Gasteiger partial charge in [0, 0.05) is 24.7 Å². The van der Waals surface area contributed by atoms with Gasteiger partial charge in [-0.25, -0.2) is 13.1 Å². The van der Waals surface area contributed by atoms with Crippen LogP contribution in [0.5, 0.6) is 5.75 Å². The molecule has 0 unspecified atom stereocenters. The first-order chi connectivity index (χ1) is 13.9. The van der Waals surface area contributed by atoms with Gasteiger partial charge in [-0.05, 0) is 50.7 Å². The van der Waals surface area contributed by atoms with Crippen LogP contribution >= 0.6 is 0 Å². The molecule has 1 saturated heterocycles. The average Bonchev–Trinajstić information content (AvgIpc) is 2.71. The van der Waals surface area contributed by atoms with Crippen molar-refractivity contribution in [2.75, 3.05) is 26.0 Å². The quantitative estimate of drug-likeness (QED) is 0.773. The molecule has 1 saturated carbocycles. The summed E-state index contributed by atoms with van der Waals surface area (Å²) in [7, 11) is -3.38. The maximum Gasteiger partial charge on any atom is 0.260 e. The zero-order valence-corrected chi connectivity index (χ0v) is 17.6. The molecule has 0 spiro atoms. The molecule has 9 heteroatoms. The number of sulfonamides is 1. The molecule has 2 atom stereocenters. The van der Waals surface area contributed by atoms with E-state index in [1.165, 1.54) is 0 Å². The van der Waals surface area contributed by atoms with E-state index in [0.717, 1.165) is 44.1 Å². The van der Waals surface area contributed by atoms with Crippen molar-refractivity contribution in [1.29, 1.82) is 0 Å². The molecule has 3 aliphatic heterocycles. The molecule has 29 heavy (non-hydrogen) atoms. The van der Waals surface area contributed by atoms with Crippen molar-refractivity contribution in [2.45, 2.75) is 62.6 Å². The molecule has 160 valence electrons. The number of piperidine rings is 1. The minimum atomic E-state index is -3.38. The smallest absolute Gasteiger partial charge is 0.260 e. The Labute approximate surface area is 172 Å². The molecule has 1 amide bonds. The highest BCUT2D eigenvalue weighted by Gasteiger charge is 2.37. The highest BCUT2D eigenvalue weighted by Crippen LogP contribution is 2.37. The molecule has 4 aliphatic rings. The van der Waals surface area contributed by atoms with Gasteiger partial charge in [-0.2, -0.15) is 0 Å². The summed E-state index contributed by atoms with van der Waals surface area (Å²) in [5, 5.41) is 0. The van der Waals surface area contributed by atoms with Crippen molar-refractivity contribution in [3.05, 3.63) is 24.0 Å². The van der Waals surface area contributed by atoms with Gasteiger partial charge >= 0.3 is 0 Å².